The summed E-state index contributed by atoms with van der Waals surface area (Å²) < 4.78 is 5.96. The molecule has 0 fully saturated rings. The van der Waals surface area contributed by atoms with Crippen LogP contribution >= 0.6 is 23.4 Å². The second kappa shape index (κ2) is 10.2. The Bertz CT molecular complexity index is 1180. The van der Waals surface area contributed by atoms with E-state index in [1.807, 2.05) is 48.5 Å². The fraction of sp³-hybridized carbons (Fsp3) is 0.292. The number of aromatic amines is 1. The van der Waals surface area contributed by atoms with Gasteiger partial charge in [-0.15, -0.1) is 0 Å². The van der Waals surface area contributed by atoms with E-state index in [2.05, 4.69) is 22.2 Å². The minimum absolute atomic E-state index is 0.165. The van der Waals surface area contributed by atoms with Crippen LogP contribution in [0.25, 0.3) is 0 Å². The first-order valence-electron chi connectivity index (χ1n) is 10.6. The maximum atomic E-state index is 13.1. The van der Waals surface area contributed by atoms with Gasteiger partial charge < -0.3 is 15.0 Å². The lowest BCUT2D eigenvalue weighted by Gasteiger charge is -2.26. The number of nitrogens with one attached hydrogen (secondary N) is 2. The van der Waals surface area contributed by atoms with Crippen molar-refractivity contribution in [1.82, 2.24) is 9.97 Å². The number of unbranched alkanes of at least 4 members (excludes halogenated alkanes) is 1. The van der Waals surface area contributed by atoms with Crippen molar-refractivity contribution < 1.29 is 9.53 Å². The topological polar surface area (TPSA) is 84.1 Å². The van der Waals surface area contributed by atoms with Gasteiger partial charge in [0, 0.05) is 28.7 Å². The summed E-state index contributed by atoms with van der Waals surface area (Å²) in [7, 11) is 0. The Kier molecular flexibility index (Phi) is 7.17. The number of carbonyl (C=O) groups is 1. The van der Waals surface area contributed by atoms with Gasteiger partial charge in [0.15, 0.2) is 5.16 Å². The Morgan fingerprint density at radius 1 is 1.16 bits per heavy atom. The molecule has 1 aliphatic rings. The fourth-order valence-corrected chi connectivity index (χ4v) is 4.82. The molecule has 0 saturated heterocycles. The highest BCUT2D eigenvalue weighted by Crippen LogP contribution is 2.39. The Morgan fingerprint density at radius 2 is 1.94 bits per heavy atom. The first-order chi connectivity index (χ1) is 15.6. The highest BCUT2D eigenvalue weighted by molar-refractivity contribution is 7.98. The number of rotatable bonds is 8. The number of benzene rings is 2. The van der Waals surface area contributed by atoms with Crippen molar-refractivity contribution in [1.29, 1.82) is 0 Å². The molecule has 0 bridgehead atoms. The summed E-state index contributed by atoms with van der Waals surface area (Å²) in [6.07, 6.45) is 2.12. The van der Waals surface area contributed by atoms with E-state index in [1.165, 1.54) is 11.8 Å². The van der Waals surface area contributed by atoms with Gasteiger partial charge in [0.05, 0.1) is 12.2 Å². The van der Waals surface area contributed by atoms with Gasteiger partial charge in [0.1, 0.15) is 11.6 Å². The molecule has 8 heteroatoms. The summed E-state index contributed by atoms with van der Waals surface area (Å²) in [6, 6.07) is 15.1. The summed E-state index contributed by atoms with van der Waals surface area (Å²) in [5, 5.41) is 3.86. The molecular formula is C24H24ClN3O3S. The predicted octanol–water partition coefficient (Wildman–Crippen LogP) is 5.37. The van der Waals surface area contributed by atoms with Gasteiger partial charge in [-0.3, -0.25) is 9.59 Å². The standard InChI is InChI=1S/C24H24ClN3O3S/c1-2-3-12-31-19-11-7-5-9-16(19)17-13-20(29)26-22-21(17)23(30)28-24(27-22)32-14-15-8-4-6-10-18(15)25/h4-11,17H,2-3,12-14H2,1H3,(H2,26,27,28,29,30)/t17-/m0/s1. The third kappa shape index (κ3) is 5.00. The molecule has 4 rings (SSSR count). The van der Waals surface area contributed by atoms with Crippen LogP contribution in [0.15, 0.2) is 58.5 Å². The number of H-pyrrole nitrogens is 1. The Labute approximate surface area is 195 Å². The Morgan fingerprint density at radius 3 is 2.75 bits per heavy atom. The minimum Gasteiger partial charge on any atom is -0.493 e. The highest BCUT2D eigenvalue weighted by Gasteiger charge is 2.32. The van der Waals surface area contributed by atoms with Gasteiger partial charge in [0.2, 0.25) is 5.91 Å². The molecule has 0 aliphatic carbocycles. The summed E-state index contributed by atoms with van der Waals surface area (Å²) >= 11 is 7.59. The normalized spacial score (nSPS) is 15.2. The molecule has 32 heavy (non-hydrogen) atoms. The summed E-state index contributed by atoms with van der Waals surface area (Å²) in [5.41, 5.74) is 1.96. The summed E-state index contributed by atoms with van der Waals surface area (Å²) in [6.45, 7) is 2.69. The number of fused-ring (bicyclic) bond motifs is 1. The van der Waals surface area contributed by atoms with E-state index in [0.29, 0.717) is 39.7 Å². The molecule has 2 N–H and O–H groups in total. The van der Waals surface area contributed by atoms with Gasteiger partial charge in [-0.2, -0.15) is 0 Å². The van der Waals surface area contributed by atoms with Crippen LogP contribution in [0.5, 0.6) is 5.75 Å². The molecule has 2 heterocycles. The van der Waals surface area contributed by atoms with Crippen LogP contribution in [0, 0.1) is 0 Å². The fourth-order valence-electron chi connectivity index (χ4n) is 3.67. The number of ether oxygens (including phenoxy) is 1. The molecule has 1 aromatic heterocycles. The molecule has 0 unspecified atom stereocenters. The average molecular weight is 470 g/mol. The highest BCUT2D eigenvalue weighted by atomic mass is 35.5. The number of hydrogen-bond donors (Lipinski definition) is 2. The van der Waals surface area contributed by atoms with Gasteiger partial charge in [0.25, 0.3) is 5.56 Å². The van der Waals surface area contributed by atoms with Crippen LogP contribution in [-0.4, -0.2) is 22.5 Å². The summed E-state index contributed by atoms with van der Waals surface area (Å²) in [4.78, 5) is 33.0. The van der Waals surface area contributed by atoms with Gasteiger partial charge in [-0.1, -0.05) is 73.1 Å². The number of halogens is 1. The molecule has 6 nitrogen and oxygen atoms in total. The van der Waals surface area contributed by atoms with Crippen molar-refractivity contribution in [2.45, 2.75) is 43.0 Å². The number of amides is 1. The van der Waals surface area contributed by atoms with E-state index >= 15 is 0 Å². The molecule has 1 aliphatic heterocycles. The van der Waals surface area contributed by atoms with Crippen LogP contribution in [0.4, 0.5) is 5.82 Å². The number of anilines is 1. The third-order valence-corrected chi connectivity index (χ3v) is 6.59. The lowest BCUT2D eigenvalue weighted by atomic mass is 9.86. The zero-order chi connectivity index (χ0) is 22.5. The van der Waals surface area contributed by atoms with Crippen molar-refractivity contribution >= 4 is 35.1 Å². The summed E-state index contributed by atoms with van der Waals surface area (Å²) in [5.74, 6) is 0.956. The quantitative estimate of drug-likeness (QED) is 0.263. The molecule has 0 radical (unpaired) electrons. The van der Waals surface area contributed by atoms with E-state index in [0.717, 1.165) is 24.0 Å². The van der Waals surface area contributed by atoms with Crippen molar-refractivity contribution in [2.24, 2.45) is 0 Å². The molecule has 1 amide bonds. The molecule has 0 spiro atoms. The SMILES string of the molecule is CCCCOc1ccccc1[C@@H]1CC(=O)Nc2nc(SCc3ccccc3Cl)[nH]c(=O)c21. The van der Waals surface area contributed by atoms with Gasteiger partial charge in [-0.25, -0.2) is 4.98 Å². The van der Waals surface area contributed by atoms with E-state index in [4.69, 9.17) is 16.3 Å². The largest absolute Gasteiger partial charge is 0.493 e. The first-order valence-corrected chi connectivity index (χ1v) is 11.9. The number of aromatic nitrogens is 2. The number of para-hydroxylation sites is 1. The maximum Gasteiger partial charge on any atom is 0.257 e. The van der Waals surface area contributed by atoms with E-state index in [1.54, 1.807) is 0 Å². The molecular weight excluding hydrogens is 446 g/mol. The number of nitrogens with zero attached hydrogens (tertiary/aromatic N) is 1. The van der Waals surface area contributed by atoms with Crippen molar-refractivity contribution in [3.63, 3.8) is 0 Å². The number of carbonyl (C=O) groups excluding carboxylic acids is 1. The van der Waals surface area contributed by atoms with Crippen molar-refractivity contribution in [3.05, 3.63) is 80.6 Å². The minimum atomic E-state index is -0.421. The van der Waals surface area contributed by atoms with Crippen LogP contribution in [0.2, 0.25) is 5.02 Å². The number of hydrogen-bond acceptors (Lipinski definition) is 5. The Balaban J connectivity index is 1.64. The van der Waals surface area contributed by atoms with Crippen molar-refractivity contribution in [3.8, 4) is 5.75 Å². The Hall–Kier alpha value is -2.77. The first kappa shape index (κ1) is 22.4. The van der Waals surface area contributed by atoms with Gasteiger partial charge in [-0.05, 0) is 24.1 Å². The van der Waals surface area contributed by atoms with E-state index in [-0.39, 0.29) is 17.9 Å². The molecule has 3 aromatic rings. The smallest absolute Gasteiger partial charge is 0.257 e. The maximum absolute atomic E-state index is 13.1. The van der Waals surface area contributed by atoms with Crippen LogP contribution in [0.3, 0.4) is 0 Å². The zero-order valence-corrected chi connectivity index (χ0v) is 19.3. The van der Waals surface area contributed by atoms with Crippen molar-refractivity contribution in [2.75, 3.05) is 11.9 Å². The zero-order valence-electron chi connectivity index (χ0n) is 17.7. The second-order valence-electron chi connectivity index (χ2n) is 7.56. The van der Waals surface area contributed by atoms with Crippen LogP contribution in [-0.2, 0) is 10.5 Å². The average Bonchev–Trinajstić information content (AvgIpc) is 2.78. The molecule has 1 atom stereocenters. The van der Waals surface area contributed by atoms with E-state index in [9.17, 15) is 9.59 Å². The lowest BCUT2D eigenvalue weighted by Crippen LogP contribution is -2.31. The van der Waals surface area contributed by atoms with Gasteiger partial charge >= 0.3 is 0 Å². The predicted molar refractivity (Wildman–Crippen MR) is 128 cm³/mol. The lowest BCUT2D eigenvalue weighted by molar-refractivity contribution is -0.116. The second-order valence-corrected chi connectivity index (χ2v) is 8.93. The third-order valence-electron chi connectivity index (χ3n) is 5.30. The number of thioether (sulfide) groups is 1. The molecule has 166 valence electrons. The van der Waals surface area contributed by atoms with Crippen LogP contribution in [0.1, 0.15) is 48.8 Å². The molecule has 2 aromatic carbocycles. The monoisotopic (exact) mass is 469 g/mol. The molecule has 0 saturated carbocycles. The van der Waals surface area contributed by atoms with Crippen LogP contribution < -0.4 is 15.6 Å². The van der Waals surface area contributed by atoms with E-state index < -0.39 is 5.92 Å².